The molecule has 0 bridgehead atoms. The second kappa shape index (κ2) is 9.12. The van der Waals surface area contributed by atoms with Crippen molar-refractivity contribution in [3.63, 3.8) is 0 Å². The van der Waals surface area contributed by atoms with Crippen LogP contribution in [0.15, 0.2) is 24.3 Å². The Morgan fingerprint density at radius 2 is 2.17 bits per heavy atom. The first-order valence-corrected chi connectivity index (χ1v) is 8.16. The molecule has 1 unspecified atom stereocenters. The van der Waals surface area contributed by atoms with Gasteiger partial charge >= 0.3 is 0 Å². The Balaban J connectivity index is 1.84. The van der Waals surface area contributed by atoms with Gasteiger partial charge < -0.3 is 25.4 Å². The number of hydrogen-bond acceptors (Lipinski definition) is 5. The molecule has 2 amide bonds. The normalized spacial score (nSPS) is 17.2. The molecule has 0 spiro atoms. The van der Waals surface area contributed by atoms with Gasteiger partial charge in [0.15, 0.2) is 6.61 Å². The van der Waals surface area contributed by atoms with Gasteiger partial charge in [0.1, 0.15) is 11.5 Å². The van der Waals surface area contributed by atoms with E-state index in [9.17, 15) is 9.59 Å². The van der Waals surface area contributed by atoms with Crippen molar-refractivity contribution in [2.45, 2.75) is 12.8 Å². The smallest absolute Gasteiger partial charge is 0.260 e. The molecule has 0 saturated carbocycles. The molecular weight excluding hydrogens is 310 g/mol. The molecule has 2 rings (SSSR count). The minimum absolute atomic E-state index is 0.0355. The van der Waals surface area contributed by atoms with Crippen LogP contribution in [0.5, 0.6) is 11.5 Å². The van der Waals surface area contributed by atoms with E-state index in [1.54, 1.807) is 30.2 Å². The van der Waals surface area contributed by atoms with Crippen LogP contribution in [0, 0.1) is 5.92 Å². The molecule has 1 heterocycles. The summed E-state index contributed by atoms with van der Waals surface area (Å²) in [6, 6.07) is 7.11. The molecule has 1 aromatic carbocycles. The molecule has 1 atom stereocenters. The van der Waals surface area contributed by atoms with Crippen molar-refractivity contribution in [3.05, 3.63) is 24.3 Å². The van der Waals surface area contributed by atoms with Crippen molar-refractivity contribution in [2.24, 2.45) is 11.7 Å². The summed E-state index contributed by atoms with van der Waals surface area (Å²) in [5, 5.41) is 2.78. The zero-order valence-corrected chi connectivity index (χ0v) is 14.0. The number of nitrogens with zero attached hydrogens (tertiary/aromatic N) is 1. The number of piperidine rings is 1. The Bertz CT molecular complexity index is 565. The van der Waals surface area contributed by atoms with E-state index in [4.69, 9.17) is 15.2 Å². The Morgan fingerprint density at radius 1 is 1.38 bits per heavy atom. The number of hydrogen-bond donors (Lipinski definition) is 2. The van der Waals surface area contributed by atoms with Crippen LogP contribution < -0.4 is 20.5 Å². The third-order valence-electron chi connectivity index (χ3n) is 3.99. The number of carbonyl (C=O) groups excluding carboxylic acids is 2. The van der Waals surface area contributed by atoms with Crippen LogP contribution in [0.2, 0.25) is 0 Å². The third kappa shape index (κ3) is 5.13. The predicted octanol–water partition coefficient (Wildman–Crippen LogP) is 0.388. The minimum Gasteiger partial charge on any atom is -0.497 e. The second-order valence-corrected chi connectivity index (χ2v) is 5.73. The molecule has 1 aromatic rings. The summed E-state index contributed by atoms with van der Waals surface area (Å²) in [6.07, 6.45) is 1.60. The van der Waals surface area contributed by atoms with Gasteiger partial charge in [-0.1, -0.05) is 6.07 Å². The summed E-state index contributed by atoms with van der Waals surface area (Å²) < 4.78 is 10.7. The quantitative estimate of drug-likeness (QED) is 0.752. The molecule has 7 heteroatoms. The van der Waals surface area contributed by atoms with Gasteiger partial charge in [0.25, 0.3) is 5.91 Å². The molecule has 132 valence electrons. The maximum Gasteiger partial charge on any atom is 0.260 e. The fraction of sp³-hybridized carbons (Fsp3) is 0.529. The topological polar surface area (TPSA) is 93.9 Å². The van der Waals surface area contributed by atoms with Crippen molar-refractivity contribution in [1.29, 1.82) is 0 Å². The molecular formula is C17H25N3O4. The van der Waals surface area contributed by atoms with Gasteiger partial charge in [-0.15, -0.1) is 0 Å². The average molecular weight is 335 g/mol. The highest BCUT2D eigenvalue weighted by atomic mass is 16.5. The van der Waals surface area contributed by atoms with Gasteiger partial charge in [0, 0.05) is 32.2 Å². The fourth-order valence-corrected chi connectivity index (χ4v) is 2.68. The first-order valence-electron chi connectivity index (χ1n) is 8.16. The zero-order chi connectivity index (χ0) is 17.4. The van der Waals surface area contributed by atoms with Crippen LogP contribution in [0.25, 0.3) is 0 Å². The standard InChI is InChI=1S/C17H25N3O4/c1-23-14-5-2-6-15(10-14)24-12-16(21)20-9-3-4-13(11-20)17(22)19-8-7-18/h2,5-6,10,13H,3-4,7-9,11-12,18H2,1H3,(H,19,22). The van der Waals surface area contributed by atoms with Crippen molar-refractivity contribution in [3.8, 4) is 11.5 Å². The van der Waals surface area contributed by atoms with Gasteiger partial charge in [0.05, 0.1) is 13.0 Å². The van der Waals surface area contributed by atoms with Gasteiger partial charge in [0.2, 0.25) is 5.91 Å². The summed E-state index contributed by atoms with van der Waals surface area (Å²) >= 11 is 0. The number of nitrogens with one attached hydrogen (secondary N) is 1. The molecule has 7 nitrogen and oxygen atoms in total. The van der Waals surface area contributed by atoms with E-state index in [2.05, 4.69) is 5.32 Å². The van der Waals surface area contributed by atoms with Crippen LogP contribution >= 0.6 is 0 Å². The first kappa shape index (κ1) is 18.1. The Morgan fingerprint density at radius 3 is 2.92 bits per heavy atom. The number of methoxy groups -OCH3 is 1. The number of carbonyl (C=O) groups is 2. The van der Waals surface area contributed by atoms with Crippen LogP contribution in [0.1, 0.15) is 12.8 Å². The molecule has 1 fully saturated rings. The number of rotatable bonds is 7. The van der Waals surface area contributed by atoms with Crippen molar-refractivity contribution in [2.75, 3.05) is 39.9 Å². The van der Waals surface area contributed by atoms with Crippen molar-refractivity contribution in [1.82, 2.24) is 10.2 Å². The molecule has 1 aliphatic heterocycles. The second-order valence-electron chi connectivity index (χ2n) is 5.73. The summed E-state index contributed by atoms with van der Waals surface area (Å²) in [5.41, 5.74) is 5.39. The molecule has 0 radical (unpaired) electrons. The highest BCUT2D eigenvalue weighted by molar-refractivity contribution is 5.82. The molecule has 3 N–H and O–H groups in total. The van der Waals surface area contributed by atoms with E-state index < -0.39 is 0 Å². The molecule has 1 saturated heterocycles. The summed E-state index contributed by atoms with van der Waals surface area (Å²) in [5.74, 6) is 0.929. The lowest BCUT2D eigenvalue weighted by molar-refractivity contribution is -0.137. The van der Waals surface area contributed by atoms with E-state index in [1.165, 1.54) is 0 Å². The summed E-state index contributed by atoms with van der Waals surface area (Å²) in [7, 11) is 1.58. The van der Waals surface area contributed by atoms with Crippen molar-refractivity contribution >= 4 is 11.8 Å². The Kier molecular flexibility index (Phi) is 6.87. The van der Waals surface area contributed by atoms with Crippen LogP contribution in [-0.2, 0) is 9.59 Å². The number of ether oxygens (including phenoxy) is 2. The average Bonchev–Trinajstić information content (AvgIpc) is 2.64. The lowest BCUT2D eigenvalue weighted by Crippen LogP contribution is -2.47. The van der Waals surface area contributed by atoms with E-state index in [-0.39, 0.29) is 24.3 Å². The van der Waals surface area contributed by atoms with Crippen LogP contribution in [0.3, 0.4) is 0 Å². The fourth-order valence-electron chi connectivity index (χ4n) is 2.68. The largest absolute Gasteiger partial charge is 0.497 e. The van der Waals surface area contributed by atoms with Gasteiger partial charge in [-0.05, 0) is 25.0 Å². The Hall–Kier alpha value is -2.28. The van der Waals surface area contributed by atoms with Crippen LogP contribution in [0.4, 0.5) is 0 Å². The van der Waals surface area contributed by atoms with Crippen molar-refractivity contribution < 1.29 is 19.1 Å². The maximum absolute atomic E-state index is 12.3. The molecule has 0 aromatic heterocycles. The van der Waals surface area contributed by atoms with E-state index in [1.807, 2.05) is 6.07 Å². The zero-order valence-electron chi connectivity index (χ0n) is 14.0. The highest BCUT2D eigenvalue weighted by Crippen LogP contribution is 2.20. The number of nitrogens with two attached hydrogens (primary N) is 1. The molecule has 1 aliphatic rings. The molecule has 0 aliphatic carbocycles. The van der Waals surface area contributed by atoms with Gasteiger partial charge in [-0.2, -0.15) is 0 Å². The van der Waals surface area contributed by atoms with E-state index in [0.29, 0.717) is 37.7 Å². The lowest BCUT2D eigenvalue weighted by Gasteiger charge is -2.32. The Labute approximate surface area is 142 Å². The minimum atomic E-state index is -0.175. The lowest BCUT2D eigenvalue weighted by atomic mass is 9.97. The predicted molar refractivity (Wildman–Crippen MR) is 89.9 cm³/mol. The van der Waals surface area contributed by atoms with Gasteiger partial charge in [-0.25, -0.2) is 0 Å². The van der Waals surface area contributed by atoms with Gasteiger partial charge in [-0.3, -0.25) is 9.59 Å². The first-order chi connectivity index (χ1) is 11.6. The summed E-state index contributed by atoms with van der Waals surface area (Å²) in [4.78, 5) is 26.0. The van der Waals surface area contributed by atoms with Crippen LogP contribution in [-0.4, -0.2) is 56.6 Å². The molecule has 24 heavy (non-hydrogen) atoms. The SMILES string of the molecule is COc1cccc(OCC(=O)N2CCCC(C(=O)NCCN)C2)c1. The van der Waals surface area contributed by atoms with E-state index >= 15 is 0 Å². The number of amides is 2. The number of likely N-dealkylation sites (tertiary alicyclic amines) is 1. The highest BCUT2D eigenvalue weighted by Gasteiger charge is 2.28. The van der Waals surface area contributed by atoms with E-state index in [0.717, 1.165) is 12.8 Å². The summed E-state index contributed by atoms with van der Waals surface area (Å²) in [6.45, 7) is 1.90. The maximum atomic E-state index is 12.3. The third-order valence-corrected chi connectivity index (χ3v) is 3.99. The number of benzene rings is 1. The monoisotopic (exact) mass is 335 g/mol.